The van der Waals surface area contributed by atoms with Gasteiger partial charge in [-0.25, -0.2) is 12.8 Å². The van der Waals surface area contributed by atoms with Gasteiger partial charge in [0.1, 0.15) is 24.2 Å². The van der Waals surface area contributed by atoms with Gasteiger partial charge in [-0.3, -0.25) is 9.10 Å². The Morgan fingerprint density at radius 2 is 1.78 bits per heavy atom. The van der Waals surface area contributed by atoms with E-state index in [-0.39, 0.29) is 19.0 Å². The van der Waals surface area contributed by atoms with Gasteiger partial charge in [0, 0.05) is 0 Å². The van der Waals surface area contributed by atoms with Crippen LogP contribution in [0.1, 0.15) is 13.3 Å². The Morgan fingerprint density at radius 3 is 2.33 bits per heavy atom. The average Bonchev–Trinajstić information content (AvgIpc) is 2.64. The van der Waals surface area contributed by atoms with Gasteiger partial charge in [0.15, 0.2) is 0 Å². The second-order valence-electron chi connectivity index (χ2n) is 5.91. The van der Waals surface area contributed by atoms with Gasteiger partial charge in [-0.05, 0) is 42.8 Å². The first kappa shape index (κ1) is 20.7. The van der Waals surface area contributed by atoms with E-state index >= 15 is 0 Å². The van der Waals surface area contributed by atoms with E-state index in [1.165, 1.54) is 24.3 Å². The molecule has 6 nitrogen and oxygen atoms in total. The van der Waals surface area contributed by atoms with Crippen LogP contribution in [0.4, 0.5) is 10.1 Å². The molecule has 8 heteroatoms. The maximum Gasteiger partial charge on any atom is 0.244 e. The lowest BCUT2D eigenvalue weighted by molar-refractivity contribution is -0.122. The number of rotatable bonds is 9. The van der Waals surface area contributed by atoms with Crippen molar-refractivity contribution >= 4 is 21.6 Å². The van der Waals surface area contributed by atoms with Crippen molar-refractivity contribution in [3.63, 3.8) is 0 Å². The standard InChI is InChI=1S/C19H23FN2O4S/c1-3-18(22(27(2,24)25)16-7-5-4-6-8-16)19(23)21-13-14-26-17-11-9-15(20)10-12-17/h4-12,18H,3,13-14H2,1-2H3,(H,21,23)/t18-/m1/s1. The monoisotopic (exact) mass is 394 g/mol. The van der Waals surface area contributed by atoms with E-state index < -0.39 is 22.0 Å². The van der Waals surface area contributed by atoms with Crippen molar-refractivity contribution in [1.29, 1.82) is 0 Å². The third-order valence-corrected chi connectivity index (χ3v) is 5.00. The van der Waals surface area contributed by atoms with Crippen molar-refractivity contribution in [3.8, 4) is 5.75 Å². The normalized spacial score (nSPS) is 12.3. The van der Waals surface area contributed by atoms with Gasteiger partial charge in [-0.2, -0.15) is 0 Å². The number of benzene rings is 2. The minimum atomic E-state index is -3.65. The molecule has 2 aromatic rings. The number of anilines is 1. The second kappa shape index (κ2) is 9.36. The first-order chi connectivity index (χ1) is 12.8. The smallest absolute Gasteiger partial charge is 0.244 e. The summed E-state index contributed by atoms with van der Waals surface area (Å²) in [5.74, 6) is -0.280. The maximum absolute atomic E-state index is 12.9. The quantitative estimate of drug-likeness (QED) is 0.664. The molecule has 0 bridgehead atoms. The number of amides is 1. The first-order valence-electron chi connectivity index (χ1n) is 8.53. The number of para-hydroxylation sites is 1. The fourth-order valence-electron chi connectivity index (χ4n) is 2.63. The Labute approximate surface area is 159 Å². The van der Waals surface area contributed by atoms with E-state index in [9.17, 15) is 17.6 Å². The van der Waals surface area contributed by atoms with Gasteiger partial charge in [-0.1, -0.05) is 25.1 Å². The fourth-order valence-corrected chi connectivity index (χ4v) is 3.84. The number of halogens is 1. The third-order valence-electron chi connectivity index (χ3n) is 3.82. The largest absolute Gasteiger partial charge is 0.492 e. The fraction of sp³-hybridized carbons (Fsp3) is 0.316. The zero-order chi connectivity index (χ0) is 19.9. The summed E-state index contributed by atoms with van der Waals surface area (Å²) >= 11 is 0. The van der Waals surface area contributed by atoms with Crippen molar-refractivity contribution in [1.82, 2.24) is 5.32 Å². The molecule has 0 unspecified atom stereocenters. The minimum Gasteiger partial charge on any atom is -0.492 e. The van der Waals surface area contributed by atoms with Gasteiger partial charge in [0.25, 0.3) is 0 Å². The number of hydrogen-bond acceptors (Lipinski definition) is 4. The van der Waals surface area contributed by atoms with Crippen LogP contribution >= 0.6 is 0 Å². The van der Waals surface area contributed by atoms with Crippen molar-refractivity contribution in [2.75, 3.05) is 23.7 Å². The molecular weight excluding hydrogens is 371 g/mol. The molecule has 0 fully saturated rings. The predicted molar refractivity (Wildman–Crippen MR) is 103 cm³/mol. The summed E-state index contributed by atoms with van der Waals surface area (Å²) in [6.45, 7) is 2.12. The molecule has 1 N–H and O–H groups in total. The first-order valence-corrected chi connectivity index (χ1v) is 10.4. The van der Waals surface area contributed by atoms with Gasteiger partial charge >= 0.3 is 0 Å². The van der Waals surface area contributed by atoms with E-state index in [0.717, 1.165) is 10.6 Å². The molecule has 0 saturated heterocycles. The highest BCUT2D eigenvalue weighted by Crippen LogP contribution is 2.22. The molecule has 0 radical (unpaired) electrons. The molecule has 0 aromatic heterocycles. The van der Waals surface area contributed by atoms with Crippen LogP contribution in [-0.4, -0.2) is 39.8 Å². The molecule has 2 rings (SSSR count). The number of carbonyl (C=O) groups is 1. The number of sulfonamides is 1. The van der Waals surface area contributed by atoms with Crippen LogP contribution in [0.3, 0.4) is 0 Å². The maximum atomic E-state index is 12.9. The lowest BCUT2D eigenvalue weighted by Crippen LogP contribution is -2.49. The van der Waals surface area contributed by atoms with E-state index in [0.29, 0.717) is 17.9 Å². The topological polar surface area (TPSA) is 75.7 Å². The van der Waals surface area contributed by atoms with Crippen molar-refractivity contribution in [2.45, 2.75) is 19.4 Å². The summed E-state index contributed by atoms with van der Waals surface area (Å²) in [4.78, 5) is 12.6. The molecule has 1 atom stereocenters. The SMILES string of the molecule is CC[C@H](C(=O)NCCOc1ccc(F)cc1)N(c1ccccc1)S(C)(=O)=O. The Kier molecular flexibility index (Phi) is 7.18. The van der Waals surface area contributed by atoms with Crippen LogP contribution in [0.5, 0.6) is 5.75 Å². The van der Waals surface area contributed by atoms with Crippen molar-refractivity contribution in [2.24, 2.45) is 0 Å². The molecule has 27 heavy (non-hydrogen) atoms. The number of nitrogens with one attached hydrogen (secondary N) is 1. The summed E-state index contributed by atoms with van der Waals surface area (Å²) < 4.78 is 43.9. The number of carbonyl (C=O) groups excluding carboxylic acids is 1. The molecule has 1 amide bonds. The summed E-state index contributed by atoms with van der Waals surface area (Å²) in [5.41, 5.74) is 0.435. The molecule has 0 aliphatic carbocycles. The van der Waals surface area contributed by atoms with Crippen LogP contribution in [-0.2, 0) is 14.8 Å². The van der Waals surface area contributed by atoms with E-state index in [2.05, 4.69) is 5.32 Å². The molecule has 2 aromatic carbocycles. The number of nitrogens with zero attached hydrogens (tertiary/aromatic N) is 1. The number of hydrogen-bond donors (Lipinski definition) is 1. The lowest BCUT2D eigenvalue weighted by Gasteiger charge is -2.30. The van der Waals surface area contributed by atoms with Crippen molar-refractivity contribution < 1.29 is 22.3 Å². The molecule has 146 valence electrons. The van der Waals surface area contributed by atoms with Gasteiger partial charge in [-0.15, -0.1) is 0 Å². The summed E-state index contributed by atoms with van der Waals surface area (Å²) in [6, 6.07) is 13.2. The van der Waals surface area contributed by atoms with Crippen LogP contribution in [0.25, 0.3) is 0 Å². The lowest BCUT2D eigenvalue weighted by atomic mass is 10.2. The molecule has 0 aliphatic heterocycles. The average molecular weight is 394 g/mol. The van der Waals surface area contributed by atoms with Crippen LogP contribution < -0.4 is 14.4 Å². The highest BCUT2D eigenvalue weighted by molar-refractivity contribution is 7.92. The Hall–Kier alpha value is -2.61. The second-order valence-corrected chi connectivity index (χ2v) is 7.77. The molecule has 0 spiro atoms. The van der Waals surface area contributed by atoms with Gasteiger partial charge in [0.2, 0.25) is 15.9 Å². The Bertz CT molecular complexity index is 842. The highest BCUT2D eigenvalue weighted by Gasteiger charge is 2.31. The zero-order valence-electron chi connectivity index (χ0n) is 15.3. The van der Waals surface area contributed by atoms with E-state index in [1.807, 2.05) is 0 Å². The Balaban J connectivity index is 1.99. The third kappa shape index (κ3) is 5.96. The van der Waals surface area contributed by atoms with Gasteiger partial charge < -0.3 is 10.1 Å². The molecule has 0 aliphatic rings. The van der Waals surface area contributed by atoms with Crippen LogP contribution in [0.2, 0.25) is 0 Å². The molecule has 0 saturated carbocycles. The van der Waals surface area contributed by atoms with Crippen LogP contribution in [0.15, 0.2) is 54.6 Å². The van der Waals surface area contributed by atoms with E-state index in [1.54, 1.807) is 37.3 Å². The van der Waals surface area contributed by atoms with E-state index in [4.69, 9.17) is 4.74 Å². The minimum absolute atomic E-state index is 0.179. The Morgan fingerprint density at radius 1 is 1.15 bits per heavy atom. The van der Waals surface area contributed by atoms with Crippen LogP contribution in [0, 0.1) is 5.82 Å². The molecular formula is C19H23FN2O4S. The summed E-state index contributed by atoms with van der Waals surface area (Å²) in [6.07, 6.45) is 1.39. The zero-order valence-corrected chi connectivity index (χ0v) is 16.1. The summed E-state index contributed by atoms with van der Waals surface area (Å²) in [5, 5.41) is 2.69. The number of ether oxygens (including phenoxy) is 1. The predicted octanol–water partition coefficient (Wildman–Crippen LogP) is 2.57. The molecule has 0 heterocycles. The highest BCUT2D eigenvalue weighted by atomic mass is 32.2. The summed E-state index contributed by atoms with van der Waals surface area (Å²) in [7, 11) is -3.65. The van der Waals surface area contributed by atoms with Gasteiger partial charge in [0.05, 0.1) is 18.5 Å². The van der Waals surface area contributed by atoms with Crippen molar-refractivity contribution in [3.05, 3.63) is 60.4 Å².